The number of hydrogen-bond acceptors (Lipinski definition) is 4. The Kier molecular flexibility index (Phi) is 4.52. The zero-order valence-corrected chi connectivity index (χ0v) is 12.8. The number of sulfonamides is 1. The van der Waals surface area contributed by atoms with Gasteiger partial charge in [0.05, 0.1) is 18.8 Å². The van der Waals surface area contributed by atoms with Crippen molar-refractivity contribution in [2.45, 2.75) is 19.6 Å². The maximum atomic E-state index is 11.9. The summed E-state index contributed by atoms with van der Waals surface area (Å²) in [7, 11) is -3.18. The largest absolute Gasteiger partial charge is 0.260 e. The molecule has 0 amide bonds. The van der Waals surface area contributed by atoms with Gasteiger partial charge in [0.25, 0.3) is 0 Å². The van der Waals surface area contributed by atoms with Gasteiger partial charge in [-0.2, -0.15) is 0 Å². The number of aryl methyl sites for hydroxylation is 1. The average Bonchev–Trinajstić information content (AvgIpc) is 2.85. The highest BCUT2D eigenvalue weighted by atomic mass is 32.2. The van der Waals surface area contributed by atoms with Crippen LogP contribution in [0.25, 0.3) is 0 Å². The molecule has 19 heavy (non-hydrogen) atoms. The lowest BCUT2D eigenvalue weighted by Crippen LogP contribution is -2.34. The molecule has 0 bridgehead atoms. The number of thioether (sulfide) groups is 1. The van der Waals surface area contributed by atoms with Gasteiger partial charge >= 0.3 is 0 Å². The second kappa shape index (κ2) is 5.96. The maximum absolute atomic E-state index is 11.9. The number of benzene rings is 1. The summed E-state index contributed by atoms with van der Waals surface area (Å²) in [5.74, 6) is 0.868. The van der Waals surface area contributed by atoms with Crippen LogP contribution in [0.4, 0.5) is 0 Å². The second-order valence-electron chi connectivity index (χ2n) is 4.41. The molecule has 0 aromatic heterocycles. The van der Waals surface area contributed by atoms with Gasteiger partial charge in [0.2, 0.25) is 10.0 Å². The fourth-order valence-corrected chi connectivity index (χ4v) is 4.25. The smallest absolute Gasteiger partial charge is 0.236 e. The molecular formula is C13H18N2O2S2. The molecule has 0 fully saturated rings. The fraction of sp³-hybridized carbons (Fsp3) is 0.462. The summed E-state index contributed by atoms with van der Waals surface area (Å²) in [5.41, 5.74) is 2.40. The summed E-state index contributed by atoms with van der Waals surface area (Å²) in [4.78, 5) is 4.30. The summed E-state index contributed by atoms with van der Waals surface area (Å²) in [6.07, 6.45) is 0. The summed E-state index contributed by atoms with van der Waals surface area (Å²) in [5, 5.41) is 0.628. The zero-order valence-electron chi connectivity index (χ0n) is 11.2. The SMILES string of the molecule is CCS(=O)(=O)N1CCN=C1SCc1cccc(C)c1. The first kappa shape index (κ1) is 14.4. The van der Waals surface area contributed by atoms with Gasteiger partial charge in [-0.3, -0.25) is 4.99 Å². The number of amidine groups is 1. The minimum absolute atomic E-state index is 0.122. The number of rotatable bonds is 4. The van der Waals surface area contributed by atoms with E-state index >= 15 is 0 Å². The van der Waals surface area contributed by atoms with E-state index < -0.39 is 10.0 Å². The van der Waals surface area contributed by atoms with Gasteiger partial charge in [-0.05, 0) is 19.4 Å². The standard InChI is InChI=1S/C13H18N2O2S2/c1-3-19(16,17)15-8-7-14-13(15)18-10-12-6-4-5-11(2)9-12/h4-6,9H,3,7-8,10H2,1-2H3. The minimum atomic E-state index is -3.18. The fourth-order valence-electron chi connectivity index (χ4n) is 1.89. The molecule has 1 aromatic carbocycles. The van der Waals surface area contributed by atoms with Crippen molar-refractivity contribution in [2.75, 3.05) is 18.8 Å². The van der Waals surface area contributed by atoms with Crippen LogP contribution < -0.4 is 0 Å². The van der Waals surface area contributed by atoms with Gasteiger partial charge in [0.15, 0.2) is 5.17 Å². The summed E-state index contributed by atoms with van der Waals surface area (Å²) >= 11 is 1.49. The van der Waals surface area contributed by atoms with Crippen molar-refractivity contribution >= 4 is 27.0 Å². The molecular weight excluding hydrogens is 280 g/mol. The number of hydrogen-bond donors (Lipinski definition) is 0. The van der Waals surface area contributed by atoms with Crippen LogP contribution in [-0.2, 0) is 15.8 Å². The van der Waals surface area contributed by atoms with Crippen LogP contribution in [0.3, 0.4) is 0 Å². The van der Waals surface area contributed by atoms with E-state index in [0.29, 0.717) is 18.3 Å². The highest BCUT2D eigenvalue weighted by molar-refractivity contribution is 8.14. The van der Waals surface area contributed by atoms with Gasteiger partial charge in [-0.15, -0.1) is 0 Å². The summed E-state index contributed by atoms with van der Waals surface area (Å²) < 4.78 is 25.3. The lowest BCUT2D eigenvalue weighted by atomic mass is 10.2. The molecule has 1 aliphatic heterocycles. The van der Waals surface area contributed by atoms with E-state index in [4.69, 9.17) is 0 Å². The van der Waals surface area contributed by atoms with Gasteiger partial charge in [0, 0.05) is 5.75 Å². The molecule has 104 valence electrons. The maximum Gasteiger partial charge on any atom is 0.236 e. The van der Waals surface area contributed by atoms with Crippen LogP contribution in [0.5, 0.6) is 0 Å². The molecule has 0 spiro atoms. The first-order chi connectivity index (χ1) is 9.03. The summed E-state index contributed by atoms with van der Waals surface area (Å²) in [6, 6.07) is 8.23. The van der Waals surface area contributed by atoms with Crippen molar-refractivity contribution in [1.82, 2.24) is 4.31 Å². The molecule has 1 heterocycles. The van der Waals surface area contributed by atoms with Crippen molar-refractivity contribution in [2.24, 2.45) is 4.99 Å². The van der Waals surface area contributed by atoms with Crippen molar-refractivity contribution in [1.29, 1.82) is 0 Å². The van der Waals surface area contributed by atoms with Gasteiger partial charge < -0.3 is 0 Å². The van der Waals surface area contributed by atoms with E-state index in [2.05, 4.69) is 24.0 Å². The van der Waals surface area contributed by atoms with Gasteiger partial charge in [-0.25, -0.2) is 12.7 Å². The molecule has 0 saturated carbocycles. The van der Waals surface area contributed by atoms with Crippen LogP contribution >= 0.6 is 11.8 Å². The third kappa shape index (κ3) is 3.51. The number of aliphatic imine (C=N–C) groups is 1. The molecule has 1 aromatic rings. The van der Waals surface area contributed by atoms with E-state index in [0.717, 1.165) is 5.75 Å². The Morgan fingerprint density at radius 3 is 2.89 bits per heavy atom. The van der Waals surface area contributed by atoms with E-state index in [1.807, 2.05) is 12.1 Å². The molecule has 0 saturated heterocycles. The normalized spacial score (nSPS) is 15.7. The molecule has 0 N–H and O–H groups in total. The summed E-state index contributed by atoms with van der Waals surface area (Å²) in [6.45, 7) is 4.76. The molecule has 4 nitrogen and oxygen atoms in total. The average molecular weight is 298 g/mol. The van der Waals surface area contributed by atoms with Crippen LogP contribution in [0, 0.1) is 6.92 Å². The highest BCUT2D eigenvalue weighted by Gasteiger charge is 2.27. The van der Waals surface area contributed by atoms with Crippen LogP contribution in [0.15, 0.2) is 29.3 Å². The van der Waals surface area contributed by atoms with E-state index in [-0.39, 0.29) is 5.75 Å². The predicted octanol–water partition coefficient (Wildman–Crippen LogP) is 2.25. The molecule has 1 aliphatic rings. The van der Waals surface area contributed by atoms with Crippen LogP contribution in [0.1, 0.15) is 18.1 Å². The third-order valence-electron chi connectivity index (χ3n) is 2.91. The lowest BCUT2D eigenvalue weighted by molar-refractivity contribution is 0.541. The topological polar surface area (TPSA) is 49.7 Å². The third-order valence-corrected chi connectivity index (χ3v) is 5.87. The second-order valence-corrected chi connectivity index (χ2v) is 7.54. The molecule has 0 radical (unpaired) electrons. The van der Waals surface area contributed by atoms with Crippen LogP contribution in [-0.4, -0.2) is 36.7 Å². The van der Waals surface area contributed by atoms with Crippen molar-refractivity contribution in [3.05, 3.63) is 35.4 Å². The van der Waals surface area contributed by atoms with Gasteiger partial charge in [-0.1, -0.05) is 41.6 Å². The number of nitrogens with zero attached hydrogens (tertiary/aromatic N) is 2. The Morgan fingerprint density at radius 2 is 2.21 bits per heavy atom. The first-order valence-electron chi connectivity index (χ1n) is 6.26. The highest BCUT2D eigenvalue weighted by Crippen LogP contribution is 2.22. The Hall–Kier alpha value is -1.01. The van der Waals surface area contributed by atoms with Gasteiger partial charge in [0.1, 0.15) is 0 Å². The zero-order chi connectivity index (χ0) is 13.9. The monoisotopic (exact) mass is 298 g/mol. The lowest BCUT2D eigenvalue weighted by Gasteiger charge is -2.18. The molecule has 0 unspecified atom stereocenters. The Labute approximate surface area is 119 Å². The first-order valence-corrected chi connectivity index (χ1v) is 8.85. The Bertz CT molecular complexity index is 582. The predicted molar refractivity (Wildman–Crippen MR) is 80.9 cm³/mol. The molecule has 6 heteroatoms. The molecule has 0 aliphatic carbocycles. The van der Waals surface area contributed by atoms with Crippen molar-refractivity contribution in [3.8, 4) is 0 Å². The Morgan fingerprint density at radius 1 is 1.42 bits per heavy atom. The molecule has 2 rings (SSSR count). The quantitative estimate of drug-likeness (QED) is 0.856. The minimum Gasteiger partial charge on any atom is -0.260 e. The van der Waals surface area contributed by atoms with Crippen molar-refractivity contribution < 1.29 is 8.42 Å². The molecule has 0 atom stereocenters. The Balaban J connectivity index is 2.03. The van der Waals surface area contributed by atoms with Crippen molar-refractivity contribution in [3.63, 3.8) is 0 Å². The van der Waals surface area contributed by atoms with E-state index in [9.17, 15) is 8.42 Å². The van der Waals surface area contributed by atoms with Crippen LogP contribution in [0.2, 0.25) is 0 Å². The van der Waals surface area contributed by atoms with E-state index in [1.165, 1.54) is 27.2 Å². The van der Waals surface area contributed by atoms with E-state index in [1.54, 1.807) is 6.92 Å².